The summed E-state index contributed by atoms with van der Waals surface area (Å²) in [7, 11) is 0. The third-order valence-corrected chi connectivity index (χ3v) is 4.04. The highest BCUT2D eigenvalue weighted by Gasteiger charge is 2.24. The average Bonchev–Trinajstić information content (AvgIpc) is 2.94. The molecule has 2 amide bonds. The number of nitrogens with zero attached hydrogens (tertiary/aromatic N) is 1. The molecule has 1 unspecified atom stereocenters. The van der Waals surface area contributed by atoms with Gasteiger partial charge in [-0.15, -0.1) is 11.3 Å². The van der Waals surface area contributed by atoms with Gasteiger partial charge in [-0.25, -0.2) is 4.79 Å². The number of pyridine rings is 1. The minimum atomic E-state index is -1.07. The van der Waals surface area contributed by atoms with Gasteiger partial charge < -0.3 is 15.7 Å². The number of anilines is 1. The Kier molecular flexibility index (Phi) is 4.36. The lowest BCUT2D eigenvalue weighted by atomic mass is 10.1. The third-order valence-electron chi connectivity index (χ3n) is 2.91. The number of aliphatic hydroxyl groups is 1. The van der Waals surface area contributed by atoms with Crippen molar-refractivity contribution >= 4 is 23.1 Å². The molecule has 0 aliphatic rings. The molecule has 6 heteroatoms. The highest BCUT2D eigenvalue weighted by molar-refractivity contribution is 7.10. The van der Waals surface area contributed by atoms with Crippen molar-refractivity contribution < 1.29 is 9.90 Å². The quantitative estimate of drug-likeness (QED) is 0.810. The number of hydrogen-bond acceptors (Lipinski definition) is 4. The first-order valence-electron chi connectivity index (χ1n) is 6.21. The monoisotopic (exact) mass is 291 g/mol. The SMILES string of the molecule is Cc1cnccc1NC(=O)NCC(C)(O)c1cccs1. The fraction of sp³-hybridized carbons (Fsp3) is 0.286. The maximum Gasteiger partial charge on any atom is 0.319 e. The molecule has 2 heterocycles. The average molecular weight is 291 g/mol. The van der Waals surface area contributed by atoms with Crippen LogP contribution in [0.2, 0.25) is 0 Å². The predicted molar refractivity (Wildman–Crippen MR) is 79.9 cm³/mol. The number of carbonyl (C=O) groups excluding carboxylic acids is 1. The molecule has 0 saturated carbocycles. The molecule has 0 spiro atoms. The lowest BCUT2D eigenvalue weighted by molar-refractivity contribution is 0.0637. The van der Waals surface area contributed by atoms with E-state index >= 15 is 0 Å². The number of aryl methyl sites for hydroxylation is 1. The number of aromatic nitrogens is 1. The van der Waals surface area contributed by atoms with E-state index in [1.54, 1.807) is 25.4 Å². The molecule has 1 atom stereocenters. The first-order chi connectivity index (χ1) is 9.49. The molecule has 2 rings (SSSR count). The largest absolute Gasteiger partial charge is 0.383 e. The first-order valence-corrected chi connectivity index (χ1v) is 7.09. The Bertz CT molecular complexity index is 582. The zero-order chi connectivity index (χ0) is 14.6. The molecule has 2 aromatic heterocycles. The van der Waals surface area contributed by atoms with Crippen LogP contribution in [0.4, 0.5) is 10.5 Å². The van der Waals surface area contributed by atoms with Crippen LogP contribution in [-0.2, 0) is 5.60 Å². The molecule has 106 valence electrons. The van der Waals surface area contributed by atoms with Gasteiger partial charge in [-0.2, -0.15) is 0 Å². The van der Waals surface area contributed by atoms with Gasteiger partial charge >= 0.3 is 6.03 Å². The summed E-state index contributed by atoms with van der Waals surface area (Å²) >= 11 is 1.46. The van der Waals surface area contributed by atoms with Crippen molar-refractivity contribution in [3.63, 3.8) is 0 Å². The molecule has 0 fully saturated rings. The Hall–Kier alpha value is -1.92. The lowest BCUT2D eigenvalue weighted by Crippen LogP contribution is -2.40. The van der Waals surface area contributed by atoms with E-state index in [0.717, 1.165) is 10.4 Å². The second-order valence-corrected chi connectivity index (χ2v) is 5.70. The zero-order valence-electron chi connectivity index (χ0n) is 11.4. The van der Waals surface area contributed by atoms with E-state index in [1.165, 1.54) is 11.3 Å². The summed E-state index contributed by atoms with van der Waals surface area (Å²) in [6, 6.07) is 5.09. The summed E-state index contributed by atoms with van der Waals surface area (Å²) in [5.41, 5.74) is 0.514. The van der Waals surface area contributed by atoms with Gasteiger partial charge in [0, 0.05) is 23.0 Å². The Balaban J connectivity index is 1.91. The van der Waals surface area contributed by atoms with Crippen molar-refractivity contribution in [2.45, 2.75) is 19.4 Å². The number of thiophene rings is 1. The van der Waals surface area contributed by atoms with Crippen LogP contribution < -0.4 is 10.6 Å². The van der Waals surface area contributed by atoms with Crippen molar-refractivity contribution in [1.29, 1.82) is 0 Å². The molecule has 3 N–H and O–H groups in total. The molecular weight excluding hydrogens is 274 g/mol. The van der Waals surface area contributed by atoms with Gasteiger partial charge in [-0.3, -0.25) is 4.98 Å². The van der Waals surface area contributed by atoms with E-state index in [2.05, 4.69) is 15.6 Å². The summed E-state index contributed by atoms with van der Waals surface area (Å²) in [6.07, 6.45) is 3.29. The first kappa shape index (κ1) is 14.5. The highest BCUT2D eigenvalue weighted by atomic mass is 32.1. The topological polar surface area (TPSA) is 74.2 Å². The summed E-state index contributed by atoms with van der Waals surface area (Å²) in [5, 5.41) is 17.6. The highest BCUT2D eigenvalue weighted by Crippen LogP contribution is 2.24. The normalized spacial score (nSPS) is 13.6. The molecule has 0 radical (unpaired) electrons. The molecule has 2 aromatic rings. The number of rotatable bonds is 4. The van der Waals surface area contributed by atoms with Gasteiger partial charge in [0.1, 0.15) is 5.60 Å². The van der Waals surface area contributed by atoms with Gasteiger partial charge in [0.25, 0.3) is 0 Å². The van der Waals surface area contributed by atoms with E-state index in [-0.39, 0.29) is 12.6 Å². The minimum Gasteiger partial charge on any atom is -0.383 e. The molecule has 20 heavy (non-hydrogen) atoms. The van der Waals surface area contributed by atoms with Crippen LogP contribution in [0, 0.1) is 6.92 Å². The van der Waals surface area contributed by atoms with Crippen LogP contribution in [0.5, 0.6) is 0 Å². The Morgan fingerprint density at radius 2 is 2.30 bits per heavy atom. The summed E-state index contributed by atoms with van der Waals surface area (Å²) in [6.45, 7) is 3.69. The number of amides is 2. The van der Waals surface area contributed by atoms with Crippen LogP contribution in [0.3, 0.4) is 0 Å². The molecule has 0 aromatic carbocycles. The van der Waals surface area contributed by atoms with Crippen molar-refractivity contribution in [3.05, 3.63) is 46.4 Å². The number of carbonyl (C=O) groups is 1. The molecule has 0 aliphatic carbocycles. The van der Waals surface area contributed by atoms with Gasteiger partial charge in [-0.1, -0.05) is 6.07 Å². The summed E-state index contributed by atoms with van der Waals surface area (Å²) < 4.78 is 0. The maximum absolute atomic E-state index is 11.8. The molecule has 0 bridgehead atoms. The molecule has 0 aliphatic heterocycles. The fourth-order valence-electron chi connectivity index (χ4n) is 1.70. The van der Waals surface area contributed by atoms with Crippen molar-refractivity contribution in [1.82, 2.24) is 10.3 Å². The van der Waals surface area contributed by atoms with E-state index in [0.29, 0.717) is 5.69 Å². The van der Waals surface area contributed by atoms with E-state index in [9.17, 15) is 9.90 Å². The fourth-order valence-corrected chi connectivity index (χ4v) is 2.49. The van der Waals surface area contributed by atoms with Crippen molar-refractivity contribution in [3.8, 4) is 0 Å². The number of urea groups is 1. The standard InChI is InChI=1S/C14H17N3O2S/c1-10-8-15-6-5-11(10)17-13(18)16-9-14(2,19)12-4-3-7-20-12/h3-8,19H,9H2,1-2H3,(H2,15,16,17,18). The Morgan fingerprint density at radius 3 is 2.95 bits per heavy atom. The Labute approximate surface area is 121 Å². The van der Waals surface area contributed by atoms with Crippen molar-refractivity contribution in [2.75, 3.05) is 11.9 Å². The van der Waals surface area contributed by atoms with Gasteiger partial charge in [-0.05, 0) is 36.9 Å². The van der Waals surface area contributed by atoms with E-state index in [1.807, 2.05) is 24.4 Å². The number of nitrogens with one attached hydrogen (secondary N) is 2. The lowest BCUT2D eigenvalue weighted by Gasteiger charge is -2.22. The molecule has 5 nitrogen and oxygen atoms in total. The van der Waals surface area contributed by atoms with Gasteiger partial charge in [0.05, 0.1) is 6.54 Å². The van der Waals surface area contributed by atoms with E-state index in [4.69, 9.17) is 0 Å². The van der Waals surface area contributed by atoms with Gasteiger partial charge in [0.15, 0.2) is 0 Å². The van der Waals surface area contributed by atoms with Gasteiger partial charge in [0.2, 0.25) is 0 Å². The Morgan fingerprint density at radius 1 is 1.50 bits per heavy atom. The second-order valence-electron chi connectivity index (χ2n) is 4.75. The summed E-state index contributed by atoms with van der Waals surface area (Å²) in [5.74, 6) is 0. The van der Waals surface area contributed by atoms with Crippen LogP contribution in [0.15, 0.2) is 36.0 Å². The van der Waals surface area contributed by atoms with Crippen molar-refractivity contribution in [2.24, 2.45) is 0 Å². The minimum absolute atomic E-state index is 0.142. The maximum atomic E-state index is 11.8. The summed E-state index contributed by atoms with van der Waals surface area (Å²) in [4.78, 5) is 16.6. The second kappa shape index (κ2) is 6.02. The van der Waals surface area contributed by atoms with Crippen LogP contribution >= 0.6 is 11.3 Å². The van der Waals surface area contributed by atoms with Crippen LogP contribution in [0.25, 0.3) is 0 Å². The zero-order valence-corrected chi connectivity index (χ0v) is 12.2. The third kappa shape index (κ3) is 3.55. The smallest absolute Gasteiger partial charge is 0.319 e. The molecule has 0 saturated heterocycles. The molecular formula is C14H17N3O2S. The van der Waals surface area contributed by atoms with E-state index < -0.39 is 5.60 Å². The predicted octanol–water partition coefficient (Wildman–Crippen LogP) is 2.48. The van der Waals surface area contributed by atoms with Crippen LogP contribution in [-0.4, -0.2) is 22.7 Å². The van der Waals surface area contributed by atoms with Crippen LogP contribution in [0.1, 0.15) is 17.4 Å². The number of hydrogen-bond donors (Lipinski definition) is 3.